The molecule has 90 valence electrons. The van der Waals surface area contributed by atoms with Gasteiger partial charge in [-0.3, -0.25) is 0 Å². The molecule has 1 aliphatic rings. The molecule has 0 amide bonds. The number of anilines is 1. The summed E-state index contributed by atoms with van der Waals surface area (Å²) in [7, 11) is 0. The molecule has 0 spiro atoms. The Morgan fingerprint density at radius 3 is 2.82 bits per heavy atom. The summed E-state index contributed by atoms with van der Waals surface area (Å²) in [4.78, 5) is 0. The lowest BCUT2D eigenvalue weighted by Gasteiger charge is -2.28. The van der Waals surface area contributed by atoms with E-state index in [0.717, 1.165) is 29.1 Å². The Morgan fingerprint density at radius 2 is 2.12 bits per heavy atom. The fourth-order valence-corrected chi connectivity index (χ4v) is 2.54. The second-order valence-electron chi connectivity index (χ2n) is 4.73. The van der Waals surface area contributed by atoms with Gasteiger partial charge in [0.25, 0.3) is 0 Å². The third-order valence-corrected chi connectivity index (χ3v) is 3.86. The first-order valence-corrected chi connectivity index (χ1v) is 6.51. The molecule has 1 saturated carbocycles. The molecule has 2 atom stereocenters. The second kappa shape index (κ2) is 5.42. The normalized spacial score (nSPS) is 24.1. The highest BCUT2D eigenvalue weighted by Crippen LogP contribution is 2.28. The number of aryl methyl sites for hydroxylation is 1. The minimum Gasteiger partial charge on any atom is -0.381 e. The van der Waals surface area contributed by atoms with E-state index in [-0.39, 0.29) is 12.0 Å². The Hall–Kier alpha value is -1.20. The first kappa shape index (κ1) is 12.3. The lowest BCUT2D eigenvalue weighted by atomic mass is 9.85. The summed E-state index contributed by atoms with van der Waals surface area (Å²) in [6.45, 7) is 1.99. The van der Waals surface area contributed by atoms with Crippen LogP contribution < -0.4 is 5.32 Å². The first-order chi connectivity index (χ1) is 8.20. The minimum atomic E-state index is 0.129. The largest absolute Gasteiger partial charge is 0.381 e. The van der Waals surface area contributed by atoms with E-state index in [4.69, 9.17) is 16.9 Å². The minimum absolute atomic E-state index is 0.129. The Kier molecular flexibility index (Phi) is 3.91. The molecule has 2 unspecified atom stereocenters. The predicted molar refractivity (Wildman–Crippen MR) is 71.2 cm³/mol. The van der Waals surface area contributed by atoms with Crippen molar-refractivity contribution in [1.29, 1.82) is 5.26 Å². The molecule has 1 aromatic rings. The Balaban J connectivity index is 2.09. The van der Waals surface area contributed by atoms with Gasteiger partial charge in [-0.15, -0.1) is 0 Å². The van der Waals surface area contributed by atoms with Gasteiger partial charge in [0.1, 0.15) is 0 Å². The van der Waals surface area contributed by atoms with E-state index >= 15 is 0 Å². The number of nitrogens with zero attached hydrogens (tertiary/aromatic N) is 1. The van der Waals surface area contributed by atoms with Gasteiger partial charge < -0.3 is 5.32 Å². The standard InChI is InChI=1S/C14H17ClN2/c1-10-6-7-12(8-13(10)15)17-14-5-3-2-4-11(14)9-16/h6-8,11,14,17H,2-5H2,1H3. The Morgan fingerprint density at radius 1 is 1.35 bits per heavy atom. The summed E-state index contributed by atoms with van der Waals surface area (Å²) in [5.41, 5.74) is 2.10. The third kappa shape index (κ3) is 2.92. The molecule has 0 bridgehead atoms. The average molecular weight is 249 g/mol. The van der Waals surface area contributed by atoms with Crippen LogP contribution in [0.5, 0.6) is 0 Å². The van der Waals surface area contributed by atoms with Crippen molar-refractivity contribution in [3.8, 4) is 6.07 Å². The van der Waals surface area contributed by atoms with Crippen molar-refractivity contribution in [1.82, 2.24) is 0 Å². The SMILES string of the molecule is Cc1ccc(NC2CCCCC2C#N)cc1Cl. The van der Waals surface area contributed by atoms with Gasteiger partial charge in [-0.2, -0.15) is 5.26 Å². The zero-order chi connectivity index (χ0) is 12.3. The van der Waals surface area contributed by atoms with Crippen LogP contribution in [0.15, 0.2) is 18.2 Å². The monoisotopic (exact) mass is 248 g/mol. The lowest BCUT2D eigenvalue weighted by Crippen LogP contribution is -2.31. The van der Waals surface area contributed by atoms with Crippen LogP contribution in [0.1, 0.15) is 31.2 Å². The summed E-state index contributed by atoms with van der Waals surface area (Å²) < 4.78 is 0. The van der Waals surface area contributed by atoms with Crippen LogP contribution in [0, 0.1) is 24.2 Å². The van der Waals surface area contributed by atoms with Crippen LogP contribution in [0.25, 0.3) is 0 Å². The van der Waals surface area contributed by atoms with Crippen LogP contribution in [0.4, 0.5) is 5.69 Å². The van der Waals surface area contributed by atoms with E-state index < -0.39 is 0 Å². The van der Waals surface area contributed by atoms with Crippen molar-refractivity contribution in [2.24, 2.45) is 5.92 Å². The fraction of sp³-hybridized carbons (Fsp3) is 0.500. The maximum atomic E-state index is 9.12. The molecule has 1 N–H and O–H groups in total. The smallest absolute Gasteiger partial charge is 0.0677 e. The molecule has 2 rings (SSSR count). The quantitative estimate of drug-likeness (QED) is 0.854. The van der Waals surface area contributed by atoms with Crippen LogP contribution in [-0.4, -0.2) is 6.04 Å². The van der Waals surface area contributed by atoms with Crippen molar-refractivity contribution >= 4 is 17.3 Å². The molecular formula is C14H17ClN2. The van der Waals surface area contributed by atoms with Gasteiger partial charge in [0.05, 0.1) is 12.0 Å². The van der Waals surface area contributed by atoms with Crippen LogP contribution >= 0.6 is 11.6 Å². The number of nitrogens with one attached hydrogen (secondary N) is 1. The van der Waals surface area contributed by atoms with Gasteiger partial charge in [-0.25, -0.2) is 0 Å². The molecule has 1 fully saturated rings. The highest BCUT2D eigenvalue weighted by molar-refractivity contribution is 6.31. The van der Waals surface area contributed by atoms with Crippen LogP contribution in [0.3, 0.4) is 0 Å². The van der Waals surface area contributed by atoms with E-state index in [1.165, 1.54) is 12.8 Å². The Bertz CT molecular complexity index is 436. The maximum Gasteiger partial charge on any atom is 0.0677 e. The van der Waals surface area contributed by atoms with E-state index in [1.807, 2.05) is 25.1 Å². The van der Waals surface area contributed by atoms with Crippen LogP contribution in [0.2, 0.25) is 5.02 Å². The molecule has 1 aliphatic carbocycles. The van der Waals surface area contributed by atoms with Crippen molar-refractivity contribution in [3.05, 3.63) is 28.8 Å². The molecule has 1 aromatic carbocycles. The number of benzene rings is 1. The molecule has 3 heteroatoms. The van der Waals surface area contributed by atoms with Gasteiger partial charge in [-0.05, 0) is 37.5 Å². The summed E-state index contributed by atoms with van der Waals surface area (Å²) in [5, 5.41) is 13.3. The summed E-state index contributed by atoms with van der Waals surface area (Å²) in [6, 6.07) is 8.66. The van der Waals surface area contributed by atoms with E-state index in [0.29, 0.717) is 0 Å². The second-order valence-corrected chi connectivity index (χ2v) is 5.14. The molecule has 0 aromatic heterocycles. The maximum absolute atomic E-state index is 9.12. The van der Waals surface area contributed by atoms with E-state index in [2.05, 4.69) is 11.4 Å². The summed E-state index contributed by atoms with van der Waals surface area (Å²) in [5.74, 6) is 0.129. The molecular weight excluding hydrogens is 232 g/mol. The topological polar surface area (TPSA) is 35.8 Å². The number of rotatable bonds is 2. The number of hydrogen-bond donors (Lipinski definition) is 1. The molecule has 2 nitrogen and oxygen atoms in total. The first-order valence-electron chi connectivity index (χ1n) is 6.13. The van der Waals surface area contributed by atoms with Gasteiger partial charge in [0.2, 0.25) is 0 Å². The highest BCUT2D eigenvalue weighted by atomic mass is 35.5. The molecule has 0 aliphatic heterocycles. The van der Waals surface area contributed by atoms with Crippen molar-refractivity contribution in [3.63, 3.8) is 0 Å². The average Bonchev–Trinajstić information content (AvgIpc) is 2.34. The Labute approximate surface area is 108 Å². The fourth-order valence-electron chi connectivity index (χ4n) is 2.35. The van der Waals surface area contributed by atoms with Crippen molar-refractivity contribution in [2.75, 3.05) is 5.32 Å². The van der Waals surface area contributed by atoms with Crippen LogP contribution in [-0.2, 0) is 0 Å². The highest BCUT2D eigenvalue weighted by Gasteiger charge is 2.24. The number of nitriles is 1. The van der Waals surface area contributed by atoms with Gasteiger partial charge in [0, 0.05) is 16.8 Å². The molecule has 17 heavy (non-hydrogen) atoms. The zero-order valence-corrected chi connectivity index (χ0v) is 10.8. The third-order valence-electron chi connectivity index (χ3n) is 3.46. The van der Waals surface area contributed by atoms with Gasteiger partial charge >= 0.3 is 0 Å². The molecule has 0 heterocycles. The van der Waals surface area contributed by atoms with Gasteiger partial charge in [0.15, 0.2) is 0 Å². The van der Waals surface area contributed by atoms with Crippen molar-refractivity contribution in [2.45, 2.75) is 38.6 Å². The van der Waals surface area contributed by atoms with Gasteiger partial charge in [-0.1, -0.05) is 30.5 Å². The lowest BCUT2D eigenvalue weighted by molar-refractivity contribution is 0.389. The van der Waals surface area contributed by atoms with Crippen molar-refractivity contribution < 1.29 is 0 Å². The summed E-state index contributed by atoms with van der Waals surface area (Å²) in [6.07, 6.45) is 4.46. The molecule has 0 radical (unpaired) electrons. The number of hydrogen-bond acceptors (Lipinski definition) is 2. The van der Waals surface area contributed by atoms with E-state index in [9.17, 15) is 0 Å². The molecule has 0 saturated heterocycles. The van der Waals surface area contributed by atoms with E-state index in [1.54, 1.807) is 0 Å². The number of halogens is 1. The predicted octanol–water partition coefficient (Wildman–Crippen LogP) is 4.14. The summed E-state index contributed by atoms with van der Waals surface area (Å²) >= 11 is 6.10. The zero-order valence-electron chi connectivity index (χ0n) is 10.0.